The van der Waals surface area contributed by atoms with Crippen molar-refractivity contribution in [1.29, 1.82) is 0 Å². The Morgan fingerprint density at radius 3 is 2.58 bits per heavy atom. The molecule has 3 heterocycles. The standard InChI is InChI=1S/C23H29FN6O3/c1-23(12-25)13-32-21(33-14-23)20-28-18(15-4-6-16(24)7-5-15)19(29-20)17-8-9-26-22(27-17)31-11-10-30(2)3/h4-9,21H,10-14,25H2,1-3H3,(H,28,29). The van der Waals surface area contributed by atoms with E-state index in [2.05, 4.69) is 15.0 Å². The largest absolute Gasteiger partial charge is 0.462 e. The summed E-state index contributed by atoms with van der Waals surface area (Å²) in [4.78, 5) is 18.8. The molecule has 3 N–H and O–H groups in total. The summed E-state index contributed by atoms with van der Waals surface area (Å²) in [6.07, 6.45) is 0.956. The van der Waals surface area contributed by atoms with Gasteiger partial charge in [-0.3, -0.25) is 0 Å². The van der Waals surface area contributed by atoms with Gasteiger partial charge < -0.3 is 29.8 Å². The summed E-state index contributed by atoms with van der Waals surface area (Å²) in [6.45, 7) is 4.57. The van der Waals surface area contributed by atoms with Crippen LogP contribution in [0.3, 0.4) is 0 Å². The summed E-state index contributed by atoms with van der Waals surface area (Å²) >= 11 is 0. The van der Waals surface area contributed by atoms with Crippen LogP contribution in [-0.4, -0.2) is 71.8 Å². The predicted molar refractivity (Wildman–Crippen MR) is 121 cm³/mol. The van der Waals surface area contributed by atoms with Gasteiger partial charge in [0.25, 0.3) is 0 Å². The molecule has 0 spiro atoms. The van der Waals surface area contributed by atoms with Gasteiger partial charge >= 0.3 is 6.01 Å². The number of nitrogens with two attached hydrogens (primary N) is 1. The van der Waals surface area contributed by atoms with Crippen LogP contribution in [0.1, 0.15) is 19.0 Å². The van der Waals surface area contributed by atoms with Crippen LogP contribution >= 0.6 is 0 Å². The number of H-pyrrole nitrogens is 1. The summed E-state index contributed by atoms with van der Waals surface area (Å²) in [5, 5.41) is 0. The summed E-state index contributed by atoms with van der Waals surface area (Å²) in [6, 6.07) is 8.15. The molecule has 0 saturated carbocycles. The quantitative estimate of drug-likeness (QED) is 0.532. The molecule has 0 radical (unpaired) electrons. The summed E-state index contributed by atoms with van der Waals surface area (Å²) in [7, 11) is 3.93. The van der Waals surface area contributed by atoms with Crippen LogP contribution in [0.2, 0.25) is 0 Å². The highest BCUT2D eigenvalue weighted by Crippen LogP contribution is 2.35. The van der Waals surface area contributed by atoms with Crippen molar-refractivity contribution in [1.82, 2.24) is 24.8 Å². The van der Waals surface area contributed by atoms with Gasteiger partial charge in [-0.25, -0.2) is 14.4 Å². The summed E-state index contributed by atoms with van der Waals surface area (Å²) in [5.74, 6) is 0.173. The van der Waals surface area contributed by atoms with Crippen LogP contribution in [0.4, 0.5) is 4.39 Å². The first-order chi connectivity index (χ1) is 15.9. The second-order valence-electron chi connectivity index (χ2n) is 8.70. The van der Waals surface area contributed by atoms with E-state index in [-0.39, 0.29) is 17.2 Å². The number of aromatic amines is 1. The maximum atomic E-state index is 13.5. The van der Waals surface area contributed by atoms with E-state index in [0.717, 1.165) is 12.1 Å². The average molecular weight is 457 g/mol. The molecule has 176 valence electrons. The number of rotatable bonds is 8. The Hall–Kier alpha value is -2.92. The molecule has 1 aromatic carbocycles. The number of nitrogens with zero attached hydrogens (tertiary/aromatic N) is 4. The molecule has 33 heavy (non-hydrogen) atoms. The molecular weight excluding hydrogens is 427 g/mol. The van der Waals surface area contributed by atoms with E-state index in [1.54, 1.807) is 24.4 Å². The van der Waals surface area contributed by atoms with E-state index < -0.39 is 6.29 Å². The third-order valence-corrected chi connectivity index (χ3v) is 5.38. The Balaban J connectivity index is 1.66. The maximum absolute atomic E-state index is 13.5. The number of hydrogen-bond donors (Lipinski definition) is 2. The van der Waals surface area contributed by atoms with E-state index in [1.165, 1.54) is 12.1 Å². The van der Waals surface area contributed by atoms with Crippen LogP contribution in [0, 0.1) is 11.2 Å². The molecule has 9 nitrogen and oxygen atoms in total. The zero-order valence-electron chi connectivity index (χ0n) is 19.0. The second-order valence-corrected chi connectivity index (χ2v) is 8.70. The van der Waals surface area contributed by atoms with E-state index in [4.69, 9.17) is 24.9 Å². The Kier molecular flexibility index (Phi) is 6.99. The number of ether oxygens (including phenoxy) is 3. The molecular formula is C23H29FN6O3. The normalized spacial score (nSPS) is 20.8. The lowest BCUT2D eigenvalue weighted by Gasteiger charge is -2.35. The molecule has 0 atom stereocenters. The highest BCUT2D eigenvalue weighted by molar-refractivity contribution is 5.76. The molecule has 0 unspecified atom stereocenters. The molecule has 1 saturated heterocycles. The Morgan fingerprint density at radius 1 is 1.18 bits per heavy atom. The second kappa shape index (κ2) is 9.92. The first-order valence-corrected chi connectivity index (χ1v) is 10.8. The molecule has 1 aliphatic rings. The highest BCUT2D eigenvalue weighted by Gasteiger charge is 2.34. The lowest BCUT2D eigenvalue weighted by molar-refractivity contribution is -0.231. The third kappa shape index (κ3) is 5.53. The van der Waals surface area contributed by atoms with Gasteiger partial charge in [-0.2, -0.15) is 4.98 Å². The lowest BCUT2D eigenvalue weighted by atomic mass is 9.93. The Morgan fingerprint density at radius 2 is 1.91 bits per heavy atom. The minimum Gasteiger partial charge on any atom is -0.462 e. The van der Waals surface area contributed by atoms with Crippen molar-refractivity contribution in [2.45, 2.75) is 13.2 Å². The molecule has 1 aliphatic heterocycles. The van der Waals surface area contributed by atoms with Crippen molar-refractivity contribution < 1.29 is 18.6 Å². The first kappa shape index (κ1) is 23.2. The number of hydrogen-bond acceptors (Lipinski definition) is 8. The number of likely N-dealkylation sites (N-methyl/N-ethyl adjacent to an activating group) is 1. The SMILES string of the molecule is CN(C)CCOc1nccc(-c2[nH]c(C3OCC(C)(CN)CO3)nc2-c2ccc(F)cc2)n1. The van der Waals surface area contributed by atoms with Gasteiger partial charge in [0.15, 0.2) is 5.82 Å². The fourth-order valence-electron chi connectivity index (χ4n) is 3.29. The molecule has 0 aliphatic carbocycles. The summed E-state index contributed by atoms with van der Waals surface area (Å²) < 4.78 is 31.0. The minimum atomic E-state index is -0.671. The van der Waals surface area contributed by atoms with Crippen LogP contribution in [-0.2, 0) is 9.47 Å². The van der Waals surface area contributed by atoms with Crippen LogP contribution in [0.5, 0.6) is 6.01 Å². The molecule has 0 bridgehead atoms. The number of nitrogens with one attached hydrogen (secondary N) is 1. The topological polar surface area (TPSA) is 111 Å². The molecule has 3 aromatic rings. The van der Waals surface area contributed by atoms with Crippen LogP contribution < -0.4 is 10.5 Å². The van der Waals surface area contributed by atoms with Gasteiger partial charge in [0, 0.05) is 30.3 Å². The zero-order chi connectivity index (χ0) is 23.4. The van der Waals surface area contributed by atoms with E-state index in [0.29, 0.717) is 49.3 Å². The number of aromatic nitrogens is 4. The Bertz CT molecular complexity index is 1060. The minimum absolute atomic E-state index is 0.239. The van der Waals surface area contributed by atoms with Gasteiger partial charge in [0.1, 0.15) is 12.4 Å². The molecule has 0 amide bonds. The predicted octanol–water partition coefficient (Wildman–Crippen LogP) is 2.62. The van der Waals surface area contributed by atoms with Crippen molar-refractivity contribution in [3.8, 4) is 28.7 Å². The van der Waals surface area contributed by atoms with Gasteiger partial charge in [0.05, 0.1) is 30.3 Å². The molecule has 1 fully saturated rings. The van der Waals surface area contributed by atoms with Gasteiger partial charge in [0.2, 0.25) is 6.29 Å². The van der Waals surface area contributed by atoms with E-state index >= 15 is 0 Å². The third-order valence-electron chi connectivity index (χ3n) is 5.38. The van der Waals surface area contributed by atoms with Gasteiger partial charge in [-0.1, -0.05) is 6.92 Å². The average Bonchev–Trinajstić information content (AvgIpc) is 3.25. The molecule has 2 aromatic heterocycles. The zero-order valence-corrected chi connectivity index (χ0v) is 19.0. The first-order valence-electron chi connectivity index (χ1n) is 10.8. The lowest BCUT2D eigenvalue weighted by Crippen LogP contribution is -2.42. The van der Waals surface area contributed by atoms with Gasteiger partial charge in [-0.05, 0) is 44.4 Å². The molecule has 4 rings (SSSR count). The van der Waals surface area contributed by atoms with Crippen molar-refractivity contribution in [2.24, 2.45) is 11.1 Å². The maximum Gasteiger partial charge on any atom is 0.316 e. The van der Waals surface area contributed by atoms with Crippen molar-refractivity contribution >= 4 is 0 Å². The Labute approximate surface area is 192 Å². The van der Waals surface area contributed by atoms with Crippen molar-refractivity contribution in [2.75, 3.05) is 47.0 Å². The van der Waals surface area contributed by atoms with Crippen molar-refractivity contribution in [3.05, 3.63) is 48.2 Å². The van der Waals surface area contributed by atoms with Crippen LogP contribution in [0.25, 0.3) is 22.6 Å². The van der Waals surface area contributed by atoms with Crippen molar-refractivity contribution in [3.63, 3.8) is 0 Å². The number of benzene rings is 1. The fourth-order valence-corrected chi connectivity index (χ4v) is 3.29. The summed E-state index contributed by atoms with van der Waals surface area (Å²) in [5.41, 5.74) is 8.15. The smallest absolute Gasteiger partial charge is 0.316 e. The fraction of sp³-hybridized carbons (Fsp3) is 0.435. The van der Waals surface area contributed by atoms with Gasteiger partial charge in [-0.15, -0.1) is 0 Å². The number of halogens is 1. The van der Waals surface area contributed by atoms with E-state index in [9.17, 15) is 4.39 Å². The molecule has 10 heteroatoms. The van der Waals surface area contributed by atoms with E-state index in [1.807, 2.05) is 25.9 Å². The van der Waals surface area contributed by atoms with Crippen LogP contribution in [0.15, 0.2) is 36.5 Å². The number of imidazole rings is 1. The highest BCUT2D eigenvalue weighted by atomic mass is 19.1. The monoisotopic (exact) mass is 456 g/mol.